The second kappa shape index (κ2) is 9.45. The van der Waals surface area contributed by atoms with Gasteiger partial charge in [-0.2, -0.15) is 4.98 Å². The van der Waals surface area contributed by atoms with Crippen LogP contribution in [0.5, 0.6) is 0 Å². The number of hydrogen-bond donors (Lipinski definition) is 1. The Kier molecular flexibility index (Phi) is 6.75. The first-order valence-corrected chi connectivity index (χ1v) is 9.37. The van der Waals surface area contributed by atoms with E-state index in [1.54, 1.807) is 23.1 Å². The number of amides is 2. The third-order valence-corrected chi connectivity index (χ3v) is 4.41. The van der Waals surface area contributed by atoms with Crippen LogP contribution in [0.15, 0.2) is 28.8 Å². The van der Waals surface area contributed by atoms with Gasteiger partial charge in [0.2, 0.25) is 0 Å². The van der Waals surface area contributed by atoms with Gasteiger partial charge in [-0.05, 0) is 25.3 Å². The van der Waals surface area contributed by atoms with Gasteiger partial charge in [0.25, 0.3) is 5.89 Å². The van der Waals surface area contributed by atoms with Gasteiger partial charge >= 0.3 is 6.03 Å². The van der Waals surface area contributed by atoms with Crippen molar-refractivity contribution in [1.82, 2.24) is 20.4 Å². The highest BCUT2D eigenvalue weighted by Crippen LogP contribution is 2.26. The fourth-order valence-corrected chi connectivity index (χ4v) is 3.02. The zero-order valence-electron chi connectivity index (χ0n) is 15.5. The van der Waals surface area contributed by atoms with Gasteiger partial charge in [-0.3, -0.25) is 0 Å². The minimum absolute atomic E-state index is 0.110. The fraction of sp³-hybridized carbons (Fsp3) is 0.526. The molecule has 8 heteroatoms. The van der Waals surface area contributed by atoms with Crippen LogP contribution < -0.4 is 5.32 Å². The quantitative estimate of drug-likeness (QED) is 0.765. The summed E-state index contributed by atoms with van der Waals surface area (Å²) in [6.45, 7) is 3.85. The third-order valence-electron chi connectivity index (χ3n) is 4.41. The number of urea groups is 1. The Morgan fingerprint density at radius 1 is 1.41 bits per heavy atom. The molecule has 2 heterocycles. The Bertz CT molecular complexity index is 746. The Labute approximate surface area is 157 Å². The monoisotopic (exact) mass is 376 g/mol. The molecule has 0 spiro atoms. The molecular weight excluding hydrogens is 351 g/mol. The summed E-state index contributed by atoms with van der Waals surface area (Å²) in [6.07, 6.45) is 3.02. The first-order valence-electron chi connectivity index (χ1n) is 9.37. The number of nitrogens with zero attached hydrogens (tertiary/aromatic N) is 3. The van der Waals surface area contributed by atoms with Crippen molar-refractivity contribution in [3.05, 3.63) is 47.4 Å². The average molecular weight is 376 g/mol. The van der Waals surface area contributed by atoms with Gasteiger partial charge in [-0.25, -0.2) is 9.18 Å². The molecule has 1 aromatic heterocycles. The van der Waals surface area contributed by atoms with Gasteiger partial charge < -0.3 is 19.5 Å². The van der Waals surface area contributed by atoms with Gasteiger partial charge in [0, 0.05) is 31.7 Å². The van der Waals surface area contributed by atoms with Gasteiger partial charge in [0.05, 0.1) is 6.54 Å². The van der Waals surface area contributed by atoms with Crippen molar-refractivity contribution in [3.63, 3.8) is 0 Å². The van der Waals surface area contributed by atoms with E-state index in [0.717, 1.165) is 19.3 Å². The van der Waals surface area contributed by atoms with Gasteiger partial charge in [0.1, 0.15) is 11.9 Å². The molecule has 3 rings (SSSR count). The standard InChI is InChI=1S/C19H25FN4O3/c1-2-11-24(13-14-6-3-4-7-15(14)20)19(25)21-10-9-17-22-18(27-23-17)16-8-5-12-26-16/h3-4,6-7,16H,2,5,8-13H2,1H3,(H,21,25)/t16-/m1/s1. The molecule has 27 heavy (non-hydrogen) atoms. The van der Waals surface area contributed by atoms with E-state index in [9.17, 15) is 9.18 Å². The van der Waals surface area contributed by atoms with Crippen molar-refractivity contribution in [2.24, 2.45) is 0 Å². The predicted molar refractivity (Wildman–Crippen MR) is 96.4 cm³/mol. The Balaban J connectivity index is 1.49. The molecule has 7 nitrogen and oxygen atoms in total. The van der Waals surface area contributed by atoms with E-state index in [2.05, 4.69) is 15.5 Å². The lowest BCUT2D eigenvalue weighted by Crippen LogP contribution is -2.41. The van der Waals surface area contributed by atoms with E-state index in [1.165, 1.54) is 6.07 Å². The number of carbonyl (C=O) groups is 1. The highest BCUT2D eigenvalue weighted by atomic mass is 19.1. The van der Waals surface area contributed by atoms with Crippen molar-refractivity contribution >= 4 is 6.03 Å². The molecule has 1 atom stereocenters. The Hall–Kier alpha value is -2.48. The first-order chi connectivity index (χ1) is 13.2. The lowest BCUT2D eigenvalue weighted by molar-refractivity contribution is 0.0835. The molecule has 1 fully saturated rings. The molecule has 1 aliphatic heterocycles. The molecule has 0 radical (unpaired) electrons. The highest BCUT2D eigenvalue weighted by Gasteiger charge is 2.23. The highest BCUT2D eigenvalue weighted by molar-refractivity contribution is 5.74. The topological polar surface area (TPSA) is 80.5 Å². The largest absolute Gasteiger partial charge is 0.368 e. The SMILES string of the molecule is CCCN(Cc1ccccc1F)C(=O)NCCc1noc([C@H]2CCCO2)n1. The van der Waals surface area contributed by atoms with Crippen molar-refractivity contribution < 1.29 is 18.4 Å². The maximum atomic E-state index is 13.9. The smallest absolute Gasteiger partial charge is 0.317 e. The van der Waals surface area contributed by atoms with Crippen LogP contribution in [0.25, 0.3) is 0 Å². The molecule has 0 saturated carbocycles. The van der Waals surface area contributed by atoms with E-state index in [1.807, 2.05) is 6.92 Å². The van der Waals surface area contributed by atoms with E-state index in [-0.39, 0.29) is 24.5 Å². The molecule has 1 aromatic carbocycles. The Morgan fingerprint density at radius 3 is 3.00 bits per heavy atom. The van der Waals surface area contributed by atoms with Gasteiger partial charge in [-0.15, -0.1) is 0 Å². The number of rotatable bonds is 8. The van der Waals surface area contributed by atoms with Gasteiger partial charge in [-0.1, -0.05) is 30.3 Å². The molecule has 0 unspecified atom stereocenters. The summed E-state index contributed by atoms with van der Waals surface area (Å²) in [4.78, 5) is 18.4. The molecule has 2 amide bonds. The van der Waals surface area contributed by atoms with Crippen LogP contribution in [0.3, 0.4) is 0 Å². The summed E-state index contributed by atoms with van der Waals surface area (Å²) in [5, 5.41) is 6.78. The zero-order valence-corrected chi connectivity index (χ0v) is 15.5. The molecule has 0 aliphatic carbocycles. The van der Waals surface area contributed by atoms with Crippen molar-refractivity contribution in [1.29, 1.82) is 0 Å². The number of ether oxygens (including phenoxy) is 1. The lowest BCUT2D eigenvalue weighted by Gasteiger charge is -2.22. The molecule has 0 bridgehead atoms. The summed E-state index contributed by atoms with van der Waals surface area (Å²) in [5.41, 5.74) is 0.500. The Morgan fingerprint density at radius 2 is 2.26 bits per heavy atom. The zero-order chi connectivity index (χ0) is 19.1. The normalized spacial score (nSPS) is 16.4. The fourth-order valence-electron chi connectivity index (χ4n) is 3.02. The average Bonchev–Trinajstić information content (AvgIpc) is 3.34. The van der Waals surface area contributed by atoms with Crippen LogP contribution in [-0.2, 0) is 17.7 Å². The molecule has 1 saturated heterocycles. The van der Waals surface area contributed by atoms with E-state index >= 15 is 0 Å². The summed E-state index contributed by atoms with van der Waals surface area (Å²) < 4.78 is 24.6. The van der Waals surface area contributed by atoms with Crippen molar-refractivity contribution in [3.8, 4) is 0 Å². The number of halogens is 1. The summed E-state index contributed by atoms with van der Waals surface area (Å²) >= 11 is 0. The second-order valence-corrected chi connectivity index (χ2v) is 6.55. The summed E-state index contributed by atoms with van der Waals surface area (Å²) in [5.74, 6) is 0.734. The molecule has 1 aliphatic rings. The second-order valence-electron chi connectivity index (χ2n) is 6.55. The summed E-state index contributed by atoms with van der Waals surface area (Å²) in [7, 11) is 0. The van der Waals surface area contributed by atoms with Crippen LogP contribution in [0.4, 0.5) is 9.18 Å². The van der Waals surface area contributed by atoms with Crippen LogP contribution in [0, 0.1) is 5.82 Å². The van der Waals surface area contributed by atoms with Crippen molar-refractivity contribution in [2.75, 3.05) is 19.7 Å². The van der Waals surface area contributed by atoms with Crippen LogP contribution in [0.1, 0.15) is 49.6 Å². The number of carbonyl (C=O) groups excluding carboxylic acids is 1. The molecule has 146 valence electrons. The first kappa shape index (κ1) is 19.3. The maximum absolute atomic E-state index is 13.9. The minimum atomic E-state index is -0.306. The number of aromatic nitrogens is 2. The van der Waals surface area contributed by atoms with E-state index in [4.69, 9.17) is 9.26 Å². The van der Waals surface area contributed by atoms with E-state index in [0.29, 0.717) is 43.4 Å². The van der Waals surface area contributed by atoms with Crippen LogP contribution >= 0.6 is 0 Å². The maximum Gasteiger partial charge on any atom is 0.317 e. The summed E-state index contributed by atoms with van der Waals surface area (Å²) in [6, 6.07) is 6.26. The predicted octanol–water partition coefficient (Wildman–Crippen LogP) is 3.22. The third kappa shape index (κ3) is 5.26. The van der Waals surface area contributed by atoms with Gasteiger partial charge in [0.15, 0.2) is 5.82 Å². The number of benzene rings is 1. The van der Waals surface area contributed by atoms with E-state index < -0.39 is 0 Å². The minimum Gasteiger partial charge on any atom is -0.368 e. The van der Waals surface area contributed by atoms with Crippen molar-refractivity contribution in [2.45, 2.75) is 45.3 Å². The molecule has 2 aromatic rings. The number of nitrogens with one attached hydrogen (secondary N) is 1. The lowest BCUT2D eigenvalue weighted by atomic mass is 10.2. The van der Waals surface area contributed by atoms with Crippen LogP contribution in [0.2, 0.25) is 0 Å². The molecular formula is C19H25FN4O3. The number of hydrogen-bond acceptors (Lipinski definition) is 5. The molecule has 1 N–H and O–H groups in total. The van der Waals surface area contributed by atoms with Crippen LogP contribution in [-0.4, -0.2) is 40.8 Å².